The fraction of sp³-hybridized carbons (Fsp3) is 0.125. The first-order valence-electron chi connectivity index (χ1n) is 7.11. The number of nitrogens with zero attached hydrogens (tertiary/aromatic N) is 1. The number of carbonyl (C=O) groups is 1. The highest BCUT2D eigenvalue weighted by molar-refractivity contribution is 7.92. The van der Waals surface area contributed by atoms with Crippen LogP contribution in [0, 0.1) is 6.92 Å². The molecular formula is C16H15N3O3S2. The largest absolute Gasteiger partial charge is 0.302 e. The van der Waals surface area contributed by atoms with Crippen LogP contribution in [0.3, 0.4) is 0 Å². The van der Waals surface area contributed by atoms with E-state index < -0.39 is 10.0 Å². The molecule has 0 aliphatic heterocycles. The maximum absolute atomic E-state index is 12.5. The molecule has 0 radical (unpaired) electrons. The number of carbonyl (C=O) groups excluding carboxylic acids is 1. The zero-order valence-electron chi connectivity index (χ0n) is 13.0. The molecule has 2 N–H and O–H groups in total. The molecule has 1 heterocycles. The van der Waals surface area contributed by atoms with Crippen molar-refractivity contribution in [3.63, 3.8) is 0 Å². The maximum atomic E-state index is 12.5. The number of aromatic nitrogens is 1. The van der Waals surface area contributed by atoms with Gasteiger partial charge in [0, 0.05) is 6.92 Å². The van der Waals surface area contributed by atoms with Gasteiger partial charge in [0.15, 0.2) is 5.13 Å². The van der Waals surface area contributed by atoms with Crippen LogP contribution < -0.4 is 10.0 Å². The Morgan fingerprint density at radius 3 is 2.67 bits per heavy atom. The summed E-state index contributed by atoms with van der Waals surface area (Å²) in [5, 5.41) is 3.11. The summed E-state index contributed by atoms with van der Waals surface area (Å²) in [4.78, 5) is 15.6. The van der Waals surface area contributed by atoms with E-state index in [1.54, 1.807) is 36.4 Å². The van der Waals surface area contributed by atoms with E-state index in [1.807, 2.05) is 13.0 Å². The van der Waals surface area contributed by atoms with Crippen LogP contribution in [-0.4, -0.2) is 19.3 Å². The van der Waals surface area contributed by atoms with E-state index >= 15 is 0 Å². The van der Waals surface area contributed by atoms with Crippen molar-refractivity contribution in [2.24, 2.45) is 0 Å². The summed E-state index contributed by atoms with van der Waals surface area (Å²) in [5.74, 6) is -0.200. The molecule has 124 valence electrons. The third kappa shape index (κ3) is 3.55. The first-order valence-corrected chi connectivity index (χ1v) is 9.41. The number of aryl methyl sites for hydroxylation is 1. The Balaban J connectivity index is 1.91. The van der Waals surface area contributed by atoms with E-state index in [2.05, 4.69) is 15.0 Å². The van der Waals surface area contributed by atoms with Crippen LogP contribution in [0.4, 0.5) is 10.8 Å². The lowest BCUT2D eigenvalue weighted by atomic mass is 10.2. The fourth-order valence-electron chi connectivity index (χ4n) is 2.19. The number of hydrogen-bond acceptors (Lipinski definition) is 5. The molecule has 1 amide bonds. The molecule has 3 rings (SSSR count). The Labute approximate surface area is 143 Å². The van der Waals surface area contributed by atoms with Gasteiger partial charge in [0.2, 0.25) is 5.91 Å². The van der Waals surface area contributed by atoms with Gasteiger partial charge in [-0.3, -0.25) is 9.52 Å². The summed E-state index contributed by atoms with van der Waals surface area (Å²) in [6, 6.07) is 11.8. The van der Waals surface area contributed by atoms with E-state index in [1.165, 1.54) is 18.3 Å². The van der Waals surface area contributed by atoms with Crippen molar-refractivity contribution in [1.82, 2.24) is 4.98 Å². The monoisotopic (exact) mass is 361 g/mol. The molecule has 8 heteroatoms. The number of anilines is 2. The van der Waals surface area contributed by atoms with Crippen molar-refractivity contribution in [2.75, 3.05) is 10.0 Å². The number of nitrogens with one attached hydrogen (secondary N) is 2. The third-order valence-corrected chi connectivity index (χ3v) is 5.54. The molecule has 24 heavy (non-hydrogen) atoms. The fourth-order valence-corrected chi connectivity index (χ4v) is 4.29. The van der Waals surface area contributed by atoms with E-state index in [-0.39, 0.29) is 10.8 Å². The average molecular weight is 361 g/mol. The lowest BCUT2D eigenvalue weighted by Crippen LogP contribution is -2.12. The Hall–Kier alpha value is -2.45. The van der Waals surface area contributed by atoms with E-state index in [9.17, 15) is 13.2 Å². The first kappa shape index (κ1) is 16.4. The number of sulfonamides is 1. The molecule has 0 fully saturated rings. The quantitative estimate of drug-likeness (QED) is 0.746. The molecule has 0 saturated carbocycles. The Kier molecular flexibility index (Phi) is 4.25. The van der Waals surface area contributed by atoms with Crippen LogP contribution in [0.2, 0.25) is 0 Å². The van der Waals surface area contributed by atoms with Crippen LogP contribution in [0.25, 0.3) is 10.2 Å². The van der Waals surface area contributed by atoms with Crippen molar-refractivity contribution in [2.45, 2.75) is 18.7 Å². The molecule has 0 bridgehead atoms. The second-order valence-corrected chi connectivity index (χ2v) is 8.02. The maximum Gasteiger partial charge on any atom is 0.261 e. The summed E-state index contributed by atoms with van der Waals surface area (Å²) in [5.41, 5.74) is 2.01. The number of hydrogen-bond donors (Lipinski definition) is 2. The van der Waals surface area contributed by atoms with Crippen molar-refractivity contribution < 1.29 is 13.2 Å². The number of amides is 1. The lowest BCUT2D eigenvalue weighted by molar-refractivity contribution is -0.114. The van der Waals surface area contributed by atoms with E-state index in [4.69, 9.17) is 0 Å². The second-order valence-electron chi connectivity index (χ2n) is 5.30. The van der Waals surface area contributed by atoms with Gasteiger partial charge in [0.25, 0.3) is 10.0 Å². The van der Waals surface area contributed by atoms with E-state index in [0.717, 1.165) is 10.3 Å². The van der Waals surface area contributed by atoms with Crippen molar-refractivity contribution in [3.05, 3.63) is 48.0 Å². The molecular weight excluding hydrogens is 346 g/mol. The topological polar surface area (TPSA) is 88.2 Å². The SMILES string of the molecule is CC(=O)Nc1nc2ccc(NS(=O)(=O)c3cccc(C)c3)cc2s1. The second kappa shape index (κ2) is 6.21. The predicted molar refractivity (Wildman–Crippen MR) is 95.9 cm³/mol. The molecule has 3 aromatic rings. The lowest BCUT2D eigenvalue weighted by Gasteiger charge is -2.08. The summed E-state index contributed by atoms with van der Waals surface area (Å²) in [7, 11) is -3.65. The highest BCUT2D eigenvalue weighted by atomic mass is 32.2. The number of rotatable bonds is 4. The van der Waals surface area contributed by atoms with Crippen molar-refractivity contribution in [1.29, 1.82) is 0 Å². The summed E-state index contributed by atoms with van der Waals surface area (Å²) < 4.78 is 28.3. The zero-order chi connectivity index (χ0) is 17.3. The average Bonchev–Trinajstić information content (AvgIpc) is 2.87. The number of fused-ring (bicyclic) bond motifs is 1. The van der Waals surface area contributed by atoms with Gasteiger partial charge in [0.05, 0.1) is 20.8 Å². The molecule has 0 aliphatic carbocycles. The van der Waals surface area contributed by atoms with Gasteiger partial charge < -0.3 is 5.32 Å². The summed E-state index contributed by atoms with van der Waals surface area (Å²) >= 11 is 1.29. The summed E-state index contributed by atoms with van der Waals surface area (Å²) in [6.07, 6.45) is 0. The van der Waals surface area contributed by atoms with Crippen LogP contribution in [-0.2, 0) is 14.8 Å². The van der Waals surface area contributed by atoms with E-state index in [0.29, 0.717) is 16.3 Å². The van der Waals surface area contributed by atoms with Gasteiger partial charge in [0.1, 0.15) is 0 Å². The van der Waals surface area contributed by atoms with Gasteiger partial charge in [-0.2, -0.15) is 0 Å². The van der Waals surface area contributed by atoms with Crippen molar-refractivity contribution in [3.8, 4) is 0 Å². The Morgan fingerprint density at radius 2 is 1.96 bits per heavy atom. The molecule has 0 atom stereocenters. The normalized spacial score (nSPS) is 11.4. The Morgan fingerprint density at radius 1 is 1.17 bits per heavy atom. The number of benzene rings is 2. The third-order valence-electron chi connectivity index (χ3n) is 3.22. The smallest absolute Gasteiger partial charge is 0.261 e. The first-order chi connectivity index (χ1) is 11.3. The van der Waals surface area contributed by atoms with Crippen LogP contribution in [0.5, 0.6) is 0 Å². The molecule has 6 nitrogen and oxygen atoms in total. The minimum absolute atomic E-state index is 0.200. The summed E-state index contributed by atoms with van der Waals surface area (Å²) in [6.45, 7) is 3.25. The van der Waals surface area contributed by atoms with Gasteiger partial charge in [-0.15, -0.1) is 0 Å². The minimum Gasteiger partial charge on any atom is -0.302 e. The van der Waals surface area contributed by atoms with Gasteiger partial charge in [-0.05, 0) is 42.8 Å². The minimum atomic E-state index is -3.65. The van der Waals surface area contributed by atoms with Crippen molar-refractivity contribution >= 4 is 48.3 Å². The molecule has 0 aliphatic rings. The van der Waals surface area contributed by atoms with Gasteiger partial charge >= 0.3 is 0 Å². The van der Waals surface area contributed by atoms with Gasteiger partial charge in [-0.25, -0.2) is 13.4 Å². The molecule has 0 spiro atoms. The molecule has 0 unspecified atom stereocenters. The molecule has 2 aromatic carbocycles. The highest BCUT2D eigenvalue weighted by Gasteiger charge is 2.15. The van der Waals surface area contributed by atoms with Crippen LogP contribution in [0.15, 0.2) is 47.4 Å². The van der Waals surface area contributed by atoms with Crippen LogP contribution in [0.1, 0.15) is 12.5 Å². The molecule has 1 aromatic heterocycles. The zero-order valence-corrected chi connectivity index (χ0v) is 14.7. The molecule has 0 saturated heterocycles. The number of thiazole rings is 1. The van der Waals surface area contributed by atoms with Crippen LogP contribution >= 0.6 is 11.3 Å². The Bertz CT molecular complexity index is 1030. The predicted octanol–water partition coefficient (Wildman–Crippen LogP) is 3.36. The highest BCUT2D eigenvalue weighted by Crippen LogP contribution is 2.29. The van der Waals surface area contributed by atoms with Gasteiger partial charge in [-0.1, -0.05) is 23.5 Å². The standard InChI is InChI=1S/C16H15N3O3S2/c1-10-4-3-5-13(8-10)24(21,22)19-12-6-7-14-15(9-12)23-16(18-14)17-11(2)20/h3-9,19H,1-2H3,(H,17,18,20).